The lowest BCUT2D eigenvalue weighted by Gasteiger charge is -2.33. The van der Waals surface area contributed by atoms with E-state index in [4.69, 9.17) is 0 Å². The molecule has 24 heavy (non-hydrogen) atoms. The van der Waals surface area contributed by atoms with Crippen molar-refractivity contribution in [2.75, 3.05) is 18.0 Å². The predicted molar refractivity (Wildman–Crippen MR) is 88.9 cm³/mol. The number of hydrogen-bond donors (Lipinski definition) is 1. The minimum atomic E-state index is -0.0578. The van der Waals surface area contributed by atoms with Crippen LogP contribution in [0.1, 0.15) is 23.2 Å². The minimum Gasteiger partial charge on any atom is -0.355 e. The highest BCUT2D eigenvalue weighted by atomic mass is 16.1. The van der Waals surface area contributed by atoms with Gasteiger partial charge < -0.3 is 10.2 Å². The third-order valence-electron chi connectivity index (χ3n) is 4.40. The van der Waals surface area contributed by atoms with Crippen molar-refractivity contribution in [1.82, 2.24) is 29.7 Å². The van der Waals surface area contributed by atoms with Crippen molar-refractivity contribution in [3.63, 3.8) is 0 Å². The molecule has 124 valence electrons. The smallest absolute Gasteiger partial charge is 0.254 e. The Kier molecular flexibility index (Phi) is 3.64. The first-order chi connectivity index (χ1) is 11.7. The standard InChI is InChI=1S/C16H19N7O/c1-21-11-12(10-19-21)16(24)20-13-3-7-22(8-4-13)15-14-2-5-18-23(14)9-6-17-15/h2,5-6,9-11,13H,3-4,7-8H2,1H3,(H,20,24). The molecule has 0 spiro atoms. The van der Waals surface area contributed by atoms with Gasteiger partial charge in [0.2, 0.25) is 0 Å². The maximum Gasteiger partial charge on any atom is 0.254 e. The first-order valence-electron chi connectivity index (χ1n) is 8.03. The Morgan fingerprint density at radius 2 is 2.08 bits per heavy atom. The van der Waals surface area contributed by atoms with Gasteiger partial charge in [0.25, 0.3) is 5.91 Å². The SMILES string of the molecule is Cn1cc(C(=O)NC2CCN(c3nccn4nccc34)CC2)cn1. The van der Waals surface area contributed by atoms with Gasteiger partial charge in [-0.2, -0.15) is 10.2 Å². The van der Waals surface area contributed by atoms with E-state index in [-0.39, 0.29) is 11.9 Å². The first kappa shape index (κ1) is 14.7. The summed E-state index contributed by atoms with van der Waals surface area (Å²) < 4.78 is 3.47. The molecule has 4 heterocycles. The molecule has 0 aliphatic carbocycles. The lowest BCUT2D eigenvalue weighted by molar-refractivity contribution is 0.0931. The summed E-state index contributed by atoms with van der Waals surface area (Å²) >= 11 is 0. The molecule has 1 saturated heterocycles. The van der Waals surface area contributed by atoms with Gasteiger partial charge in [-0.05, 0) is 18.9 Å². The second-order valence-electron chi connectivity index (χ2n) is 6.05. The maximum atomic E-state index is 12.2. The monoisotopic (exact) mass is 325 g/mol. The number of amides is 1. The Hall–Kier alpha value is -2.90. The Balaban J connectivity index is 1.40. The van der Waals surface area contributed by atoms with E-state index in [0.29, 0.717) is 5.56 Å². The summed E-state index contributed by atoms with van der Waals surface area (Å²) in [7, 11) is 1.80. The molecule has 1 aliphatic rings. The van der Waals surface area contributed by atoms with E-state index >= 15 is 0 Å². The summed E-state index contributed by atoms with van der Waals surface area (Å²) in [6.45, 7) is 1.71. The van der Waals surface area contributed by atoms with E-state index in [0.717, 1.165) is 37.3 Å². The van der Waals surface area contributed by atoms with Crippen molar-refractivity contribution in [1.29, 1.82) is 0 Å². The highest BCUT2D eigenvalue weighted by Crippen LogP contribution is 2.22. The highest BCUT2D eigenvalue weighted by Gasteiger charge is 2.23. The van der Waals surface area contributed by atoms with Crippen LogP contribution < -0.4 is 10.2 Å². The van der Waals surface area contributed by atoms with E-state index in [9.17, 15) is 4.79 Å². The Morgan fingerprint density at radius 1 is 1.25 bits per heavy atom. The molecule has 1 amide bonds. The molecule has 1 aliphatic heterocycles. The summed E-state index contributed by atoms with van der Waals surface area (Å²) in [4.78, 5) is 19.0. The number of aromatic nitrogens is 5. The molecule has 8 heteroatoms. The summed E-state index contributed by atoms with van der Waals surface area (Å²) in [5.41, 5.74) is 1.61. The predicted octanol–water partition coefficient (Wildman–Crippen LogP) is 0.862. The summed E-state index contributed by atoms with van der Waals surface area (Å²) in [6.07, 6.45) is 10.5. The van der Waals surface area contributed by atoms with Crippen LogP contribution in [0.25, 0.3) is 5.52 Å². The van der Waals surface area contributed by atoms with Crippen LogP contribution in [-0.4, -0.2) is 49.4 Å². The van der Waals surface area contributed by atoms with E-state index in [1.807, 2.05) is 16.8 Å². The van der Waals surface area contributed by atoms with Gasteiger partial charge in [0, 0.05) is 44.8 Å². The third-order valence-corrected chi connectivity index (χ3v) is 4.40. The fraction of sp³-hybridized carbons (Fsp3) is 0.375. The third kappa shape index (κ3) is 2.70. The zero-order valence-corrected chi connectivity index (χ0v) is 13.5. The Bertz CT molecular complexity index is 860. The van der Waals surface area contributed by atoms with Crippen molar-refractivity contribution >= 4 is 17.2 Å². The molecule has 4 rings (SSSR count). The van der Waals surface area contributed by atoms with Crippen LogP contribution in [-0.2, 0) is 7.05 Å². The summed E-state index contributed by atoms with van der Waals surface area (Å²) in [5.74, 6) is 0.893. The fourth-order valence-electron chi connectivity index (χ4n) is 3.13. The van der Waals surface area contributed by atoms with Crippen LogP contribution >= 0.6 is 0 Å². The average molecular weight is 325 g/mol. The molecule has 8 nitrogen and oxygen atoms in total. The van der Waals surface area contributed by atoms with Crippen LogP contribution in [0, 0.1) is 0 Å². The first-order valence-corrected chi connectivity index (χ1v) is 8.03. The lowest BCUT2D eigenvalue weighted by atomic mass is 10.0. The molecular formula is C16H19N7O. The summed E-state index contributed by atoms with van der Waals surface area (Å²) in [5, 5.41) is 11.4. The van der Waals surface area contributed by atoms with E-state index in [1.165, 1.54) is 0 Å². The van der Waals surface area contributed by atoms with E-state index in [1.54, 1.807) is 36.5 Å². The lowest BCUT2D eigenvalue weighted by Crippen LogP contribution is -2.45. The van der Waals surface area contributed by atoms with Gasteiger partial charge in [-0.15, -0.1) is 0 Å². The molecule has 0 bridgehead atoms. The van der Waals surface area contributed by atoms with E-state index < -0.39 is 0 Å². The van der Waals surface area contributed by atoms with Crippen molar-refractivity contribution in [3.8, 4) is 0 Å². The van der Waals surface area contributed by atoms with Crippen LogP contribution in [0.5, 0.6) is 0 Å². The number of hydrogen-bond acceptors (Lipinski definition) is 5. The van der Waals surface area contributed by atoms with E-state index in [2.05, 4.69) is 25.4 Å². The normalized spacial score (nSPS) is 15.8. The minimum absolute atomic E-state index is 0.0578. The highest BCUT2D eigenvalue weighted by molar-refractivity contribution is 5.93. The van der Waals surface area contributed by atoms with Crippen molar-refractivity contribution in [3.05, 3.63) is 42.6 Å². The molecular weight excluding hydrogens is 306 g/mol. The number of rotatable bonds is 3. The second kappa shape index (κ2) is 5.95. The van der Waals surface area contributed by atoms with Gasteiger partial charge in [-0.3, -0.25) is 9.48 Å². The number of nitrogens with zero attached hydrogens (tertiary/aromatic N) is 6. The van der Waals surface area contributed by atoms with Crippen LogP contribution in [0.3, 0.4) is 0 Å². The number of aryl methyl sites for hydroxylation is 1. The van der Waals surface area contributed by atoms with Crippen LogP contribution in [0.4, 0.5) is 5.82 Å². The van der Waals surface area contributed by atoms with Gasteiger partial charge in [-0.25, -0.2) is 9.50 Å². The zero-order chi connectivity index (χ0) is 16.5. The van der Waals surface area contributed by atoms with Gasteiger partial charge in [0.05, 0.1) is 18.0 Å². The van der Waals surface area contributed by atoms with Crippen LogP contribution in [0.2, 0.25) is 0 Å². The van der Waals surface area contributed by atoms with Crippen molar-refractivity contribution in [2.45, 2.75) is 18.9 Å². The largest absolute Gasteiger partial charge is 0.355 e. The van der Waals surface area contributed by atoms with Gasteiger partial charge >= 0.3 is 0 Å². The van der Waals surface area contributed by atoms with Crippen molar-refractivity contribution < 1.29 is 4.79 Å². The van der Waals surface area contributed by atoms with Gasteiger partial charge in [0.15, 0.2) is 5.82 Å². The van der Waals surface area contributed by atoms with Gasteiger partial charge in [-0.1, -0.05) is 0 Å². The molecule has 0 atom stereocenters. The number of carbonyl (C=O) groups excluding carboxylic acids is 1. The number of piperidine rings is 1. The molecule has 3 aromatic heterocycles. The molecule has 1 fully saturated rings. The fourth-order valence-corrected chi connectivity index (χ4v) is 3.13. The molecule has 1 N–H and O–H groups in total. The number of fused-ring (bicyclic) bond motifs is 1. The van der Waals surface area contributed by atoms with Crippen LogP contribution in [0.15, 0.2) is 37.1 Å². The quantitative estimate of drug-likeness (QED) is 0.772. The summed E-state index contributed by atoms with van der Waals surface area (Å²) in [6, 6.07) is 2.15. The number of nitrogens with one attached hydrogen (secondary N) is 1. The number of anilines is 1. The van der Waals surface area contributed by atoms with Gasteiger partial charge in [0.1, 0.15) is 5.52 Å². The average Bonchev–Trinajstić information content (AvgIpc) is 3.24. The maximum absolute atomic E-state index is 12.2. The molecule has 0 unspecified atom stereocenters. The molecule has 3 aromatic rings. The second-order valence-corrected chi connectivity index (χ2v) is 6.05. The number of carbonyl (C=O) groups is 1. The molecule has 0 aromatic carbocycles. The Labute approximate surface area is 139 Å². The topological polar surface area (TPSA) is 80.4 Å². The molecule has 0 radical (unpaired) electrons. The van der Waals surface area contributed by atoms with Crippen molar-refractivity contribution in [2.24, 2.45) is 7.05 Å². The zero-order valence-electron chi connectivity index (χ0n) is 13.5. The Morgan fingerprint density at radius 3 is 2.83 bits per heavy atom. The molecule has 0 saturated carbocycles.